The molecule has 0 saturated carbocycles. The summed E-state index contributed by atoms with van der Waals surface area (Å²) in [6.45, 7) is 3.71. The molecule has 0 unspecified atom stereocenters. The van der Waals surface area contributed by atoms with Crippen LogP contribution in [-0.2, 0) is 0 Å². The van der Waals surface area contributed by atoms with Crippen molar-refractivity contribution in [3.05, 3.63) is 45.9 Å². The first-order chi connectivity index (χ1) is 6.70. The Balaban J connectivity index is 2.67. The van der Waals surface area contributed by atoms with Gasteiger partial charge < -0.3 is 0 Å². The minimum Gasteiger partial charge on any atom is -0.266 e. The summed E-state index contributed by atoms with van der Waals surface area (Å²) in [6.07, 6.45) is 0. The van der Waals surface area contributed by atoms with Crippen LogP contribution >= 0.6 is 11.7 Å². The molecule has 4 heteroatoms. The van der Waals surface area contributed by atoms with E-state index in [9.17, 15) is 4.79 Å². The minimum absolute atomic E-state index is 0.0238. The van der Waals surface area contributed by atoms with Crippen LogP contribution in [0.1, 0.15) is 11.3 Å². The SMILES string of the molecule is Cc1ccccc1-n1snc(C)c1=O. The largest absolute Gasteiger partial charge is 0.288 e. The molecule has 0 saturated heterocycles. The lowest BCUT2D eigenvalue weighted by molar-refractivity contribution is 1.08. The summed E-state index contributed by atoms with van der Waals surface area (Å²) in [5.41, 5.74) is 2.53. The third-order valence-corrected chi connectivity index (χ3v) is 2.97. The van der Waals surface area contributed by atoms with Gasteiger partial charge in [0.2, 0.25) is 0 Å². The molecule has 0 bridgehead atoms. The van der Waals surface area contributed by atoms with Crippen LogP contribution in [0.5, 0.6) is 0 Å². The molecule has 0 aliphatic carbocycles. The summed E-state index contributed by atoms with van der Waals surface area (Å²) in [7, 11) is 0. The second-order valence-corrected chi connectivity index (χ2v) is 3.86. The number of para-hydroxylation sites is 1. The van der Waals surface area contributed by atoms with E-state index in [2.05, 4.69) is 4.37 Å². The highest BCUT2D eigenvalue weighted by Crippen LogP contribution is 2.12. The van der Waals surface area contributed by atoms with Crippen molar-refractivity contribution < 1.29 is 0 Å². The van der Waals surface area contributed by atoms with E-state index in [0.29, 0.717) is 5.69 Å². The van der Waals surface area contributed by atoms with Gasteiger partial charge >= 0.3 is 0 Å². The molecule has 72 valence electrons. The van der Waals surface area contributed by atoms with Gasteiger partial charge in [0, 0.05) is 0 Å². The smallest absolute Gasteiger partial charge is 0.266 e. The first kappa shape index (κ1) is 9.15. The third-order valence-electron chi connectivity index (χ3n) is 2.09. The van der Waals surface area contributed by atoms with E-state index >= 15 is 0 Å². The number of hydrogen-bond acceptors (Lipinski definition) is 3. The quantitative estimate of drug-likeness (QED) is 0.714. The van der Waals surface area contributed by atoms with Gasteiger partial charge in [-0.2, -0.15) is 4.37 Å². The topological polar surface area (TPSA) is 34.9 Å². The molecule has 0 fully saturated rings. The van der Waals surface area contributed by atoms with Gasteiger partial charge in [0.25, 0.3) is 5.56 Å². The molecular formula is C10H10N2OS. The lowest BCUT2D eigenvalue weighted by Gasteiger charge is -2.02. The highest BCUT2D eigenvalue weighted by molar-refractivity contribution is 7.00. The zero-order valence-corrected chi connectivity index (χ0v) is 8.84. The van der Waals surface area contributed by atoms with Crippen LogP contribution < -0.4 is 5.56 Å². The Morgan fingerprint density at radius 1 is 1.29 bits per heavy atom. The van der Waals surface area contributed by atoms with Crippen LogP contribution in [0.2, 0.25) is 0 Å². The number of aryl methyl sites for hydroxylation is 2. The number of nitrogens with zero attached hydrogens (tertiary/aromatic N) is 2. The van der Waals surface area contributed by atoms with E-state index in [1.54, 1.807) is 10.9 Å². The molecule has 0 amide bonds. The zero-order valence-electron chi connectivity index (χ0n) is 8.02. The van der Waals surface area contributed by atoms with Crippen LogP contribution in [-0.4, -0.2) is 8.33 Å². The average Bonchev–Trinajstić information content (AvgIpc) is 2.49. The lowest BCUT2D eigenvalue weighted by atomic mass is 10.2. The van der Waals surface area contributed by atoms with Crippen LogP contribution in [0.3, 0.4) is 0 Å². The molecule has 1 aromatic heterocycles. The van der Waals surface area contributed by atoms with Gasteiger partial charge in [0.15, 0.2) is 0 Å². The molecule has 0 spiro atoms. The van der Waals surface area contributed by atoms with Crippen LogP contribution in [0.4, 0.5) is 0 Å². The molecule has 0 aliphatic rings. The molecule has 3 nitrogen and oxygen atoms in total. The van der Waals surface area contributed by atoms with Crippen LogP contribution in [0.15, 0.2) is 29.1 Å². The molecule has 1 heterocycles. The summed E-state index contributed by atoms with van der Waals surface area (Å²) < 4.78 is 5.64. The summed E-state index contributed by atoms with van der Waals surface area (Å²) >= 11 is 1.20. The number of hydrogen-bond donors (Lipinski definition) is 0. The van der Waals surface area contributed by atoms with Crippen molar-refractivity contribution in [3.8, 4) is 5.69 Å². The Kier molecular flexibility index (Phi) is 2.21. The predicted octanol–water partition coefficient (Wildman–Crippen LogP) is 1.91. The molecule has 2 rings (SSSR count). The predicted molar refractivity (Wildman–Crippen MR) is 57.2 cm³/mol. The van der Waals surface area contributed by atoms with Crippen molar-refractivity contribution >= 4 is 11.7 Å². The summed E-state index contributed by atoms with van der Waals surface area (Å²) in [6, 6.07) is 7.78. The fourth-order valence-corrected chi connectivity index (χ4v) is 2.05. The normalized spacial score (nSPS) is 10.4. The number of benzene rings is 1. The van der Waals surface area contributed by atoms with Crippen molar-refractivity contribution in [2.45, 2.75) is 13.8 Å². The zero-order chi connectivity index (χ0) is 10.1. The number of aromatic nitrogens is 2. The molecular weight excluding hydrogens is 196 g/mol. The van der Waals surface area contributed by atoms with E-state index in [1.807, 2.05) is 31.2 Å². The summed E-state index contributed by atoms with van der Waals surface area (Å²) in [4.78, 5) is 11.6. The number of rotatable bonds is 1. The Hall–Kier alpha value is -1.42. The maximum Gasteiger partial charge on any atom is 0.288 e. The monoisotopic (exact) mass is 206 g/mol. The van der Waals surface area contributed by atoms with E-state index in [0.717, 1.165) is 11.3 Å². The Bertz CT molecular complexity index is 513. The maximum absolute atomic E-state index is 11.6. The van der Waals surface area contributed by atoms with Gasteiger partial charge in [-0.25, -0.2) is 3.96 Å². The lowest BCUT2D eigenvalue weighted by Crippen LogP contribution is -2.13. The van der Waals surface area contributed by atoms with Gasteiger partial charge in [0.1, 0.15) is 5.69 Å². The fourth-order valence-electron chi connectivity index (χ4n) is 1.27. The van der Waals surface area contributed by atoms with Gasteiger partial charge in [-0.3, -0.25) is 4.79 Å². The van der Waals surface area contributed by atoms with Crippen LogP contribution in [0, 0.1) is 13.8 Å². The molecule has 14 heavy (non-hydrogen) atoms. The first-order valence-electron chi connectivity index (χ1n) is 4.32. The molecule has 2 aromatic rings. The van der Waals surface area contributed by atoms with Crippen molar-refractivity contribution in [2.24, 2.45) is 0 Å². The average molecular weight is 206 g/mol. The Morgan fingerprint density at radius 2 is 2.00 bits per heavy atom. The van der Waals surface area contributed by atoms with Crippen LogP contribution in [0.25, 0.3) is 5.69 Å². The second kappa shape index (κ2) is 3.38. The van der Waals surface area contributed by atoms with E-state index in [1.165, 1.54) is 11.7 Å². The van der Waals surface area contributed by atoms with Gasteiger partial charge in [0.05, 0.1) is 17.4 Å². The molecule has 0 aliphatic heterocycles. The summed E-state index contributed by atoms with van der Waals surface area (Å²) in [5.74, 6) is 0. The summed E-state index contributed by atoms with van der Waals surface area (Å²) in [5, 5.41) is 0. The van der Waals surface area contributed by atoms with Crippen molar-refractivity contribution in [2.75, 3.05) is 0 Å². The fraction of sp³-hybridized carbons (Fsp3) is 0.200. The Labute approximate surface area is 86.0 Å². The van der Waals surface area contributed by atoms with Crippen molar-refractivity contribution in [1.82, 2.24) is 8.33 Å². The molecule has 0 radical (unpaired) electrons. The standard InChI is InChI=1S/C10H10N2OS/c1-7-5-3-4-6-9(7)12-10(13)8(2)11-14-12/h3-6H,1-2H3. The Morgan fingerprint density at radius 3 is 2.57 bits per heavy atom. The highest BCUT2D eigenvalue weighted by atomic mass is 32.1. The maximum atomic E-state index is 11.6. The third kappa shape index (κ3) is 1.37. The van der Waals surface area contributed by atoms with E-state index in [-0.39, 0.29) is 5.56 Å². The molecule has 0 atom stereocenters. The van der Waals surface area contributed by atoms with Crippen molar-refractivity contribution in [1.29, 1.82) is 0 Å². The minimum atomic E-state index is -0.0238. The van der Waals surface area contributed by atoms with Gasteiger partial charge in [-0.05, 0) is 25.5 Å². The highest BCUT2D eigenvalue weighted by Gasteiger charge is 2.07. The van der Waals surface area contributed by atoms with Gasteiger partial charge in [-0.15, -0.1) is 0 Å². The van der Waals surface area contributed by atoms with Gasteiger partial charge in [-0.1, -0.05) is 18.2 Å². The first-order valence-corrected chi connectivity index (χ1v) is 5.05. The van der Waals surface area contributed by atoms with E-state index < -0.39 is 0 Å². The molecule has 0 N–H and O–H groups in total. The molecule has 1 aromatic carbocycles. The van der Waals surface area contributed by atoms with E-state index in [4.69, 9.17) is 0 Å². The second-order valence-electron chi connectivity index (χ2n) is 3.14. The van der Waals surface area contributed by atoms with Crippen molar-refractivity contribution in [3.63, 3.8) is 0 Å².